The van der Waals surface area contributed by atoms with Gasteiger partial charge < -0.3 is 10.6 Å². The van der Waals surface area contributed by atoms with E-state index in [0.717, 1.165) is 19.0 Å². The topological polar surface area (TPSA) is 36.1 Å². The molecule has 122 valence electrons. The van der Waals surface area contributed by atoms with Crippen molar-refractivity contribution in [2.75, 3.05) is 6.54 Å². The molecule has 3 heterocycles. The smallest absolute Gasteiger partial charge is 0.129 e. The Morgan fingerprint density at radius 1 is 1.35 bits per heavy atom. The predicted octanol–water partition coefficient (Wildman–Crippen LogP) is 3.76. The van der Waals surface area contributed by atoms with Crippen molar-refractivity contribution in [3.63, 3.8) is 0 Å². The van der Waals surface area contributed by atoms with Gasteiger partial charge in [0.2, 0.25) is 0 Å². The van der Waals surface area contributed by atoms with Gasteiger partial charge in [0.15, 0.2) is 0 Å². The molecule has 1 saturated heterocycles. The summed E-state index contributed by atoms with van der Waals surface area (Å²) in [4.78, 5) is 2.89. The van der Waals surface area contributed by atoms with Crippen LogP contribution in [0.1, 0.15) is 24.1 Å². The zero-order chi connectivity index (χ0) is 15.5. The van der Waals surface area contributed by atoms with Gasteiger partial charge in [-0.3, -0.25) is 5.32 Å². The molecule has 1 fully saturated rings. The van der Waals surface area contributed by atoms with E-state index in [2.05, 4.69) is 57.9 Å². The van der Waals surface area contributed by atoms with Gasteiger partial charge in [0.1, 0.15) is 5.50 Å². The number of fused-ring (bicyclic) bond motifs is 1. The highest BCUT2D eigenvalue weighted by Gasteiger charge is 2.31. The summed E-state index contributed by atoms with van der Waals surface area (Å²) in [6.45, 7) is 2.06. The molecule has 3 aliphatic rings. The number of allylic oxidation sites excluding steroid dienone is 5. The molecule has 1 unspecified atom stereocenters. The Kier molecular flexibility index (Phi) is 4.78. The summed E-state index contributed by atoms with van der Waals surface area (Å²) in [5.41, 5.74) is 1.77. The lowest BCUT2D eigenvalue weighted by Gasteiger charge is -2.36. The molecule has 1 aliphatic carbocycles. The molecule has 5 heteroatoms. The second-order valence-electron chi connectivity index (χ2n) is 6.31. The third kappa shape index (κ3) is 3.67. The summed E-state index contributed by atoms with van der Waals surface area (Å²) in [5, 5.41) is 12.8. The van der Waals surface area contributed by atoms with E-state index >= 15 is 0 Å². The normalized spacial score (nSPS) is 29.3. The average molecular weight is 346 g/mol. The molecule has 23 heavy (non-hydrogen) atoms. The predicted molar refractivity (Wildman–Crippen MR) is 99.8 cm³/mol. The van der Waals surface area contributed by atoms with Gasteiger partial charge in [0.05, 0.1) is 0 Å². The molecule has 3 nitrogen and oxygen atoms in total. The van der Waals surface area contributed by atoms with E-state index in [1.165, 1.54) is 34.7 Å². The molecular formula is C18H23N3S2. The van der Waals surface area contributed by atoms with Crippen molar-refractivity contribution in [1.29, 1.82) is 0 Å². The van der Waals surface area contributed by atoms with Crippen LogP contribution in [0.4, 0.5) is 0 Å². The number of thioether (sulfide) groups is 1. The Morgan fingerprint density at radius 2 is 2.35 bits per heavy atom. The van der Waals surface area contributed by atoms with Crippen LogP contribution in [0.2, 0.25) is 0 Å². The second-order valence-corrected chi connectivity index (χ2v) is 8.57. The minimum absolute atomic E-state index is 0.315. The van der Waals surface area contributed by atoms with Crippen LogP contribution in [0.3, 0.4) is 0 Å². The molecule has 3 atom stereocenters. The Balaban J connectivity index is 1.28. The summed E-state index contributed by atoms with van der Waals surface area (Å²) < 4.78 is 0. The molecule has 1 aromatic rings. The fourth-order valence-corrected chi connectivity index (χ4v) is 5.30. The highest BCUT2D eigenvalue weighted by atomic mass is 32.2. The summed E-state index contributed by atoms with van der Waals surface area (Å²) in [5.74, 6) is 1.46. The number of rotatable bonds is 5. The Morgan fingerprint density at radius 3 is 3.26 bits per heavy atom. The number of piperidine rings is 1. The van der Waals surface area contributed by atoms with Gasteiger partial charge in [0, 0.05) is 40.7 Å². The molecular weight excluding hydrogens is 322 g/mol. The fraction of sp³-hybridized carbons (Fsp3) is 0.444. The Bertz CT molecular complexity index is 618. The summed E-state index contributed by atoms with van der Waals surface area (Å²) in [6.07, 6.45) is 12.7. The van der Waals surface area contributed by atoms with E-state index in [-0.39, 0.29) is 0 Å². The van der Waals surface area contributed by atoms with Gasteiger partial charge in [0.25, 0.3) is 0 Å². The van der Waals surface area contributed by atoms with Crippen molar-refractivity contribution in [2.24, 2.45) is 11.8 Å². The van der Waals surface area contributed by atoms with Crippen LogP contribution < -0.4 is 16.0 Å². The van der Waals surface area contributed by atoms with E-state index in [0.29, 0.717) is 11.4 Å². The highest BCUT2D eigenvalue weighted by Crippen LogP contribution is 2.39. The zero-order valence-electron chi connectivity index (χ0n) is 13.1. The van der Waals surface area contributed by atoms with Crippen molar-refractivity contribution < 1.29 is 0 Å². The van der Waals surface area contributed by atoms with Crippen molar-refractivity contribution >= 4 is 23.1 Å². The van der Waals surface area contributed by atoms with Gasteiger partial charge in [-0.1, -0.05) is 30.0 Å². The van der Waals surface area contributed by atoms with E-state index in [4.69, 9.17) is 0 Å². The largest absolute Gasteiger partial charge is 0.388 e. The maximum absolute atomic E-state index is 3.58. The zero-order valence-corrected chi connectivity index (χ0v) is 14.8. The maximum Gasteiger partial charge on any atom is 0.129 e. The standard InChI is InChI=1S/C18H23N3S2/c1-2-6-17-16(5-1)13(7-8-19-17)10-15-12-21-18(23-15)20-11-14-4-3-9-22-14/h1-4,6,9,12-13,16,18-21H,5,7-8,10-11H2/t13-,16?,18-/m0/s1. The lowest BCUT2D eigenvalue weighted by Crippen LogP contribution is -2.35. The third-order valence-electron chi connectivity index (χ3n) is 4.78. The molecule has 0 amide bonds. The highest BCUT2D eigenvalue weighted by molar-refractivity contribution is 8.03. The first-order valence-corrected chi connectivity index (χ1v) is 10.1. The van der Waals surface area contributed by atoms with Crippen LogP contribution in [0.25, 0.3) is 0 Å². The first-order chi connectivity index (χ1) is 11.4. The van der Waals surface area contributed by atoms with Gasteiger partial charge >= 0.3 is 0 Å². The fourth-order valence-electron chi connectivity index (χ4n) is 3.59. The number of thiophene rings is 1. The molecule has 0 saturated carbocycles. The molecule has 1 aromatic heterocycles. The summed E-state index contributed by atoms with van der Waals surface area (Å²) in [7, 11) is 0. The molecule has 4 rings (SSSR count). The van der Waals surface area contributed by atoms with Gasteiger partial charge in [-0.25, -0.2) is 0 Å². The van der Waals surface area contributed by atoms with Gasteiger partial charge in [-0.2, -0.15) is 0 Å². The molecule has 2 aliphatic heterocycles. The number of nitrogens with one attached hydrogen (secondary N) is 3. The minimum Gasteiger partial charge on any atom is -0.388 e. The van der Waals surface area contributed by atoms with Crippen LogP contribution >= 0.6 is 23.1 Å². The quantitative estimate of drug-likeness (QED) is 0.759. The number of hydrogen-bond acceptors (Lipinski definition) is 5. The van der Waals surface area contributed by atoms with E-state index in [1.54, 1.807) is 0 Å². The van der Waals surface area contributed by atoms with E-state index < -0.39 is 0 Å². The molecule has 0 spiro atoms. The number of hydrogen-bond donors (Lipinski definition) is 3. The van der Waals surface area contributed by atoms with Crippen molar-refractivity contribution in [1.82, 2.24) is 16.0 Å². The van der Waals surface area contributed by atoms with Crippen LogP contribution in [0.15, 0.2) is 52.5 Å². The SMILES string of the molecule is C1=CCC2C(=C1)NCC[C@H]2CC1=CN[C@H](NCc2cccs2)S1. The van der Waals surface area contributed by atoms with E-state index in [9.17, 15) is 0 Å². The second kappa shape index (κ2) is 7.16. The third-order valence-corrected chi connectivity index (χ3v) is 6.79. The summed E-state index contributed by atoms with van der Waals surface area (Å²) in [6, 6.07) is 4.30. The lowest BCUT2D eigenvalue weighted by molar-refractivity contribution is 0.300. The van der Waals surface area contributed by atoms with Crippen molar-refractivity contribution in [3.05, 3.63) is 57.4 Å². The average Bonchev–Trinajstić information content (AvgIpc) is 3.25. The van der Waals surface area contributed by atoms with E-state index in [1.807, 2.05) is 23.1 Å². The lowest BCUT2D eigenvalue weighted by atomic mass is 9.78. The first-order valence-electron chi connectivity index (χ1n) is 8.36. The molecule has 0 bridgehead atoms. The maximum atomic E-state index is 3.58. The van der Waals surface area contributed by atoms with Crippen molar-refractivity contribution in [3.8, 4) is 0 Å². The van der Waals surface area contributed by atoms with Crippen LogP contribution in [-0.2, 0) is 6.54 Å². The summed E-state index contributed by atoms with van der Waals surface area (Å²) >= 11 is 3.76. The van der Waals surface area contributed by atoms with Crippen LogP contribution in [0.5, 0.6) is 0 Å². The van der Waals surface area contributed by atoms with Crippen LogP contribution in [-0.4, -0.2) is 12.0 Å². The first kappa shape index (κ1) is 15.4. The van der Waals surface area contributed by atoms with Crippen LogP contribution in [0, 0.1) is 11.8 Å². The Labute approximate surface area is 146 Å². The van der Waals surface area contributed by atoms with Gasteiger partial charge in [-0.05, 0) is 42.7 Å². The monoisotopic (exact) mass is 345 g/mol. The van der Waals surface area contributed by atoms with Gasteiger partial charge in [-0.15, -0.1) is 11.3 Å². The minimum atomic E-state index is 0.315. The molecule has 0 aromatic carbocycles. The Hall–Kier alpha value is -1.17. The molecule has 3 N–H and O–H groups in total. The van der Waals surface area contributed by atoms with Crippen molar-refractivity contribution in [2.45, 2.75) is 31.3 Å². The molecule has 0 radical (unpaired) electrons.